The van der Waals surface area contributed by atoms with Crippen LogP contribution in [0.1, 0.15) is 58.3 Å². The van der Waals surface area contributed by atoms with E-state index in [0.29, 0.717) is 0 Å². The SMILES string of the molecule is C=C(C)[C@@H]1CC=C(CNC2CCCCC2)CC1. The van der Waals surface area contributed by atoms with Gasteiger partial charge in [-0.2, -0.15) is 0 Å². The van der Waals surface area contributed by atoms with Gasteiger partial charge in [-0.1, -0.05) is 43.1 Å². The molecule has 2 aliphatic carbocycles. The summed E-state index contributed by atoms with van der Waals surface area (Å²) < 4.78 is 0. The fourth-order valence-corrected chi connectivity index (χ4v) is 3.08. The van der Waals surface area contributed by atoms with Gasteiger partial charge < -0.3 is 5.32 Å². The molecule has 17 heavy (non-hydrogen) atoms. The van der Waals surface area contributed by atoms with E-state index in [9.17, 15) is 0 Å². The Bertz CT molecular complexity index is 284. The molecule has 1 saturated carbocycles. The average Bonchev–Trinajstić information content (AvgIpc) is 2.38. The monoisotopic (exact) mass is 233 g/mol. The minimum Gasteiger partial charge on any atom is -0.310 e. The number of rotatable bonds is 4. The smallest absolute Gasteiger partial charge is 0.0167 e. The van der Waals surface area contributed by atoms with Crippen LogP contribution in [0.25, 0.3) is 0 Å². The molecule has 1 N–H and O–H groups in total. The fourth-order valence-electron chi connectivity index (χ4n) is 3.08. The summed E-state index contributed by atoms with van der Waals surface area (Å²) in [5.41, 5.74) is 2.99. The van der Waals surface area contributed by atoms with Crippen LogP contribution in [0.3, 0.4) is 0 Å². The Morgan fingerprint density at radius 1 is 1.29 bits per heavy atom. The minimum atomic E-state index is 0.744. The van der Waals surface area contributed by atoms with Crippen molar-refractivity contribution < 1.29 is 0 Å². The first kappa shape index (κ1) is 12.9. The van der Waals surface area contributed by atoms with E-state index < -0.39 is 0 Å². The molecule has 1 atom stereocenters. The molecule has 0 bridgehead atoms. The number of hydrogen-bond acceptors (Lipinski definition) is 1. The standard InChI is InChI=1S/C16H27N/c1-13(2)15-10-8-14(9-11-15)12-17-16-6-4-3-5-7-16/h8,15-17H,1,3-7,9-12H2,2H3/t15-/m1/s1. The van der Waals surface area contributed by atoms with Crippen LogP contribution in [0.5, 0.6) is 0 Å². The molecular formula is C16H27N. The summed E-state index contributed by atoms with van der Waals surface area (Å²) in [7, 11) is 0. The van der Waals surface area contributed by atoms with Crippen LogP contribution >= 0.6 is 0 Å². The molecule has 0 saturated heterocycles. The van der Waals surface area contributed by atoms with Crippen LogP contribution < -0.4 is 5.32 Å². The highest BCUT2D eigenvalue weighted by Crippen LogP contribution is 2.28. The van der Waals surface area contributed by atoms with Gasteiger partial charge in [-0.3, -0.25) is 0 Å². The van der Waals surface area contributed by atoms with Crippen LogP contribution in [-0.2, 0) is 0 Å². The van der Waals surface area contributed by atoms with Gasteiger partial charge >= 0.3 is 0 Å². The summed E-state index contributed by atoms with van der Waals surface area (Å²) in [6.07, 6.45) is 13.3. The summed E-state index contributed by atoms with van der Waals surface area (Å²) in [4.78, 5) is 0. The van der Waals surface area contributed by atoms with Gasteiger partial charge in [0.1, 0.15) is 0 Å². The average molecular weight is 233 g/mol. The number of nitrogens with one attached hydrogen (secondary N) is 1. The largest absolute Gasteiger partial charge is 0.310 e. The molecule has 0 aromatic heterocycles. The van der Waals surface area contributed by atoms with Crippen molar-refractivity contribution in [3.63, 3.8) is 0 Å². The minimum absolute atomic E-state index is 0.744. The third-order valence-electron chi connectivity index (χ3n) is 4.42. The Balaban J connectivity index is 1.71. The molecule has 1 heteroatoms. The van der Waals surface area contributed by atoms with Gasteiger partial charge in [-0.25, -0.2) is 0 Å². The van der Waals surface area contributed by atoms with E-state index in [-0.39, 0.29) is 0 Å². The summed E-state index contributed by atoms with van der Waals surface area (Å²) >= 11 is 0. The Kier molecular flexibility index (Phi) is 4.85. The first-order valence-electron chi connectivity index (χ1n) is 7.32. The Hall–Kier alpha value is -0.560. The van der Waals surface area contributed by atoms with Gasteiger partial charge in [-0.05, 0) is 44.9 Å². The number of allylic oxidation sites excluding steroid dienone is 2. The molecule has 0 aromatic carbocycles. The third-order valence-corrected chi connectivity index (χ3v) is 4.42. The maximum atomic E-state index is 4.08. The second-order valence-electron chi connectivity index (χ2n) is 5.90. The molecule has 0 unspecified atom stereocenters. The maximum absolute atomic E-state index is 4.08. The summed E-state index contributed by atoms with van der Waals surface area (Å²) in [5.74, 6) is 0.744. The molecule has 0 aromatic rings. The lowest BCUT2D eigenvalue weighted by molar-refractivity contribution is 0.379. The van der Waals surface area contributed by atoms with E-state index in [1.807, 2.05) is 0 Å². The molecule has 96 valence electrons. The van der Waals surface area contributed by atoms with Gasteiger partial charge in [0, 0.05) is 12.6 Å². The second kappa shape index (κ2) is 6.39. The summed E-state index contributed by atoms with van der Waals surface area (Å²) in [5, 5.41) is 3.74. The Morgan fingerprint density at radius 3 is 2.65 bits per heavy atom. The first-order chi connectivity index (χ1) is 8.25. The molecule has 0 amide bonds. The first-order valence-corrected chi connectivity index (χ1v) is 7.32. The molecule has 2 aliphatic rings. The van der Waals surface area contributed by atoms with E-state index in [0.717, 1.165) is 18.5 Å². The van der Waals surface area contributed by atoms with E-state index in [1.54, 1.807) is 5.57 Å². The van der Waals surface area contributed by atoms with Crippen molar-refractivity contribution in [2.24, 2.45) is 5.92 Å². The number of hydrogen-bond donors (Lipinski definition) is 1. The second-order valence-corrected chi connectivity index (χ2v) is 5.90. The van der Waals surface area contributed by atoms with Crippen molar-refractivity contribution in [2.45, 2.75) is 64.3 Å². The molecule has 1 fully saturated rings. The topological polar surface area (TPSA) is 12.0 Å². The lowest BCUT2D eigenvalue weighted by atomic mass is 9.85. The normalized spacial score (nSPS) is 26.6. The third kappa shape index (κ3) is 3.99. The molecular weight excluding hydrogens is 206 g/mol. The summed E-state index contributed by atoms with van der Waals surface area (Å²) in [6, 6.07) is 0.795. The van der Waals surface area contributed by atoms with Crippen molar-refractivity contribution in [1.29, 1.82) is 0 Å². The van der Waals surface area contributed by atoms with Gasteiger partial charge in [0.05, 0.1) is 0 Å². The van der Waals surface area contributed by atoms with Gasteiger partial charge in [0.25, 0.3) is 0 Å². The lowest BCUT2D eigenvalue weighted by Gasteiger charge is -2.26. The van der Waals surface area contributed by atoms with Crippen molar-refractivity contribution >= 4 is 0 Å². The Labute approximate surface area is 106 Å². The molecule has 2 rings (SSSR count). The van der Waals surface area contributed by atoms with E-state index in [1.165, 1.54) is 56.9 Å². The lowest BCUT2D eigenvalue weighted by Crippen LogP contribution is -2.32. The zero-order valence-corrected chi connectivity index (χ0v) is 11.3. The molecule has 0 aliphatic heterocycles. The zero-order chi connectivity index (χ0) is 12.1. The van der Waals surface area contributed by atoms with Crippen molar-refractivity contribution in [3.8, 4) is 0 Å². The maximum Gasteiger partial charge on any atom is 0.0167 e. The van der Waals surface area contributed by atoms with Crippen LogP contribution in [0.2, 0.25) is 0 Å². The van der Waals surface area contributed by atoms with Crippen LogP contribution in [-0.4, -0.2) is 12.6 Å². The van der Waals surface area contributed by atoms with Crippen molar-refractivity contribution in [3.05, 3.63) is 23.8 Å². The van der Waals surface area contributed by atoms with Crippen LogP contribution in [0, 0.1) is 5.92 Å². The van der Waals surface area contributed by atoms with Crippen LogP contribution in [0.15, 0.2) is 23.8 Å². The molecule has 0 radical (unpaired) electrons. The van der Waals surface area contributed by atoms with E-state index >= 15 is 0 Å². The highest BCUT2D eigenvalue weighted by Gasteiger charge is 2.16. The molecule has 0 heterocycles. The highest BCUT2D eigenvalue weighted by atomic mass is 14.9. The van der Waals surface area contributed by atoms with Gasteiger partial charge in [0.2, 0.25) is 0 Å². The van der Waals surface area contributed by atoms with E-state index in [4.69, 9.17) is 0 Å². The van der Waals surface area contributed by atoms with Crippen LogP contribution in [0.4, 0.5) is 0 Å². The fraction of sp³-hybridized carbons (Fsp3) is 0.750. The predicted octanol–water partition coefficient (Wildman–Crippen LogP) is 4.21. The molecule has 0 spiro atoms. The van der Waals surface area contributed by atoms with Gasteiger partial charge in [0.15, 0.2) is 0 Å². The van der Waals surface area contributed by atoms with Gasteiger partial charge in [-0.15, -0.1) is 0 Å². The van der Waals surface area contributed by atoms with Crippen molar-refractivity contribution in [2.75, 3.05) is 6.54 Å². The predicted molar refractivity (Wildman–Crippen MR) is 75.1 cm³/mol. The Morgan fingerprint density at radius 2 is 2.06 bits per heavy atom. The molecule has 1 nitrogen and oxygen atoms in total. The van der Waals surface area contributed by atoms with E-state index in [2.05, 4.69) is 24.9 Å². The van der Waals surface area contributed by atoms with Crippen molar-refractivity contribution in [1.82, 2.24) is 5.32 Å². The highest BCUT2D eigenvalue weighted by molar-refractivity contribution is 5.13. The zero-order valence-electron chi connectivity index (χ0n) is 11.3. The summed E-state index contributed by atoms with van der Waals surface area (Å²) in [6.45, 7) is 7.38. The quantitative estimate of drug-likeness (QED) is 0.717.